The summed E-state index contributed by atoms with van der Waals surface area (Å²) in [6, 6.07) is 0. The van der Waals surface area contributed by atoms with Gasteiger partial charge in [-0.15, -0.1) is 0 Å². The minimum absolute atomic E-state index is 0.0672. The minimum Gasteiger partial charge on any atom is -0.323 e. The van der Waals surface area contributed by atoms with Crippen LogP contribution in [0.5, 0.6) is 0 Å². The molecule has 6 heteroatoms. The lowest BCUT2D eigenvalue weighted by Gasteiger charge is -2.04. The van der Waals surface area contributed by atoms with Crippen LogP contribution in [0.15, 0.2) is 0 Å². The maximum atomic E-state index is 10.5. The number of nitrogens with two attached hydrogens (primary N) is 1. The number of carbonyl (C=O) groups is 1. The molecule has 0 saturated carbocycles. The van der Waals surface area contributed by atoms with E-state index >= 15 is 0 Å². The van der Waals surface area contributed by atoms with Gasteiger partial charge in [0.2, 0.25) is 0 Å². The Bertz CT molecular complexity index is 148. The Balaban J connectivity index is 3.47. The second-order valence-electron chi connectivity index (χ2n) is 1.78. The monoisotopic (exact) mass is 167 g/mol. The molecule has 0 spiro atoms. The Hall–Kier alpha value is -0.220. The quantitative estimate of drug-likeness (QED) is 0.261. The zero-order valence-electron chi connectivity index (χ0n) is 5.40. The van der Waals surface area contributed by atoms with E-state index in [9.17, 15) is 9.36 Å². The molecule has 0 aromatic heterocycles. The maximum Gasteiger partial charge on any atom is 0.344 e. The highest BCUT2D eigenvalue weighted by atomic mass is 31.2. The smallest absolute Gasteiger partial charge is 0.323 e. The highest BCUT2D eigenvalue weighted by Crippen LogP contribution is 2.40. The summed E-state index contributed by atoms with van der Waals surface area (Å²) >= 11 is 0. The van der Waals surface area contributed by atoms with Crippen molar-refractivity contribution in [2.45, 2.75) is 12.8 Å². The Morgan fingerprint density at radius 2 is 2.30 bits per heavy atom. The molecule has 0 rings (SSSR count). The minimum atomic E-state index is -3.58. The molecule has 0 aromatic rings. The predicted molar refractivity (Wildman–Crippen MR) is 35.3 cm³/mol. The first kappa shape index (κ1) is 9.78. The second-order valence-corrected chi connectivity index (χ2v) is 3.71. The van der Waals surface area contributed by atoms with Crippen molar-refractivity contribution in [2.24, 2.45) is 5.90 Å². The molecule has 0 aliphatic carbocycles. The van der Waals surface area contributed by atoms with E-state index in [4.69, 9.17) is 4.89 Å². The van der Waals surface area contributed by atoms with Crippen LogP contribution in [0.2, 0.25) is 0 Å². The molecule has 60 valence electrons. The van der Waals surface area contributed by atoms with Crippen LogP contribution in [-0.4, -0.2) is 17.3 Å². The molecular weight excluding hydrogens is 157 g/mol. The molecule has 0 bridgehead atoms. The highest BCUT2D eigenvalue weighted by molar-refractivity contribution is 7.52. The van der Waals surface area contributed by atoms with Gasteiger partial charge in [-0.05, 0) is 6.42 Å². The van der Waals surface area contributed by atoms with E-state index in [0.29, 0.717) is 12.7 Å². The zero-order valence-corrected chi connectivity index (χ0v) is 6.29. The molecule has 0 aliphatic heterocycles. The summed E-state index contributed by atoms with van der Waals surface area (Å²) in [5.74, 6) is 4.49. The van der Waals surface area contributed by atoms with Crippen LogP contribution in [0.4, 0.5) is 0 Å². The number of hydrogen-bond donors (Lipinski definition) is 2. The second kappa shape index (κ2) is 4.57. The van der Waals surface area contributed by atoms with Gasteiger partial charge in [-0.3, -0.25) is 4.57 Å². The van der Waals surface area contributed by atoms with Gasteiger partial charge in [0.1, 0.15) is 6.29 Å². The summed E-state index contributed by atoms with van der Waals surface area (Å²) in [5.41, 5.74) is 0. The van der Waals surface area contributed by atoms with Crippen molar-refractivity contribution in [3.05, 3.63) is 0 Å². The van der Waals surface area contributed by atoms with Crippen LogP contribution in [0, 0.1) is 0 Å². The third-order valence-electron chi connectivity index (χ3n) is 0.927. The predicted octanol–water partition coefficient (Wildman–Crippen LogP) is 0.0412. The van der Waals surface area contributed by atoms with Gasteiger partial charge in [0, 0.05) is 6.42 Å². The molecular formula is C4H10NO4P. The lowest BCUT2D eigenvalue weighted by molar-refractivity contribution is -0.107. The number of unbranched alkanes of at least 4 members (excludes halogenated alkanes) is 1. The molecule has 5 nitrogen and oxygen atoms in total. The fraction of sp³-hybridized carbons (Fsp3) is 0.750. The Morgan fingerprint density at radius 1 is 1.70 bits per heavy atom. The molecule has 0 amide bonds. The third-order valence-corrected chi connectivity index (χ3v) is 2.14. The van der Waals surface area contributed by atoms with E-state index in [1.165, 1.54) is 0 Å². The third kappa shape index (κ3) is 4.64. The molecule has 10 heavy (non-hydrogen) atoms. The van der Waals surface area contributed by atoms with Crippen molar-refractivity contribution < 1.29 is 18.9 Å². The van der Waals surface area contributed by atoms with Crippen LogP contribution in [0.1, 0.15) is 12.8 Å². The molecule has 1 unspecified atom stereocenters. The van der Waals surface area contributed by atoms with Crippen molar-refractivity contribution in [3.63, 3.8) is 0 Å². The first-order valence-electron chi connectivity index (χ1n) is 2.76. The van der Waals surface area contributed by atoms with Gasteiger partial charge in [-0.25, -0.2) is 10.5 Å². The van der Waals surface area contributed by atoms with Crippen molar-refractivity contribution in [1.29, 1.82) is 0 Å². The molecule has 0 aromatic carbocycles. The normalized spacial score (nSPS) is 16.2. The van der Waals surface area contributed by atoms with Crippen LogP contribution < -0.4 is 5.90 Å². The summed E-state index contributed by atoms with van der Waals surface area (Å²) in [5, 5.41) is 0. The van der Waals surface area contributed by atoms with E-state index in [-0.39, 0.29) is 12.6 Å². The van der Waals surface area contributed by atoms with Gasteiger partial charge in [-0.2, -0.15) is 0 Å². The van der Waals surface area contributed by atoms with Gasteiger partial charge in [-0.1, -0.05) is 0 Å². The summed E-state index contributed by atoms with van der Waals surface area (Å²) < 4.78 is 14.3. The molecule has 0 heterocycles. The first-order valence-corrected chi connectivity index (χ1v) is 4.52. The maximum absolute atomic E-state index is 10.5. The highest BCUT2D eigenvalue weighted by Gasteiger charge is 2.16. The number of aldehydes is 1. The standard InChI is InChI=1S/C4H10NO4P/c5-9-10(7,8)4-2-1-3-6/h3H,1-2,4-5H2,(H,7,8). The summed E-state index contributed by atoms with van der Waals surface area (Å²) in [6.07, 6.45) is 1.20. The summed E-state index contributed by atoms with van der Waals surface area (Å²) in [6.45, 7) is 0. The van der Waals surface area contributed by atoms with Gasteiger partial charge in [0.25, 0.3) is 0 Å². The molecule has 0 saturated heterocycles. The number of carbonyl (C=O) groups excluding carboxylic acids is 1. The van der Waals surface area contributed by atoms with Gasteiger partial charge in [0.05, 0.1) is 6.16 Å². The van der Waals surface area contributed by atoms with E-state index in [0.717, 1.165) is 0 Å². The fourth-order valence-corrected chi connectivity index (χ4v) is 1.11. The lowest BCUT2D eigenvalue weighted by atomic mass is 10.4. The topological polar surface area (TPSA) is 89.6 Å². The Morgan fingerprint density at radius 3 is 2.70 bits per heavy atom. The van der Waals surface area contributed by atoms with Gasteiger partial charge in [0.15, 0.2) is 0 Å². The van der Waals surface area contributed by atoms with Crippen molar-refractivity contribution in [2.75, 3.05) is 6.16 Å². The Kier molecular flexibility index (Phi) is 4.47. The lowest BCUT2D eigenvalue weighted by Crippen LogP contribution is -2.00. The van der Waals surface area contributed by atoms with Crippen molar-refractivity contribution >= 4 is 13.9 Å². The van der Waals surface area contributed by atoms with E-state index in [2.05, 4.69) is 10.5 Å². The fourth-order valence-electron chi connectivity index (χ4n) is 0.427. The number of hydrogen-bond acceptors (Lipinski definition) is 4. The SMILES string of the molecule is NOP(=O)(O)CCCC=O. The van der Waals surface area contributed by atoms with Crippen LogP contribution in [0.25, 0.3) is 0 Å². The van der Waals surface area contributed by atoms with Crippen molar-refractivity contribution in [1.82, 2.24) is 0 Å². The molecule has 0 radical (unpaired) electrons. The summed E-state index contributed by atoms with van der Waals surface area (Å²) in [7, 11) is -3.58. The van der Waals surface area contributed by atoms with Crippen LogP contribution >= 0.6 is 7.60 Å². The Labute approximate surface area is 58.7 Å². The molecule has 0 aliphatic rings. The van der Waals surface area contributed by atoms with Crippen LogP contribution in [0.3, 0.4) is 0 Å². The number of rotatable bonds is 5. The zero-order chi connectivity index (χ0) is 8.04. The van der Waals surface area contributed by atoms with Gasteiger partial charge < -0.3 is 9.69 Å². The van der Waals surface area contributed by atoms with E-state index in [1.807, 2.05) is 0 Å². The van der Waals surface area contributed by atoms with E-state index in [1.54, 1.807) is 0 Å². The van der Waals surface area contributed by atoms with Crippen LogP contribution in [-0.2, 0) is 14.0 Å². The molecule has 1 atom stereocenters. The first-order chi connectivity index (χ1) is 4.62. The molecule has 0 fully saturated rings. The summed E-state index contributed by atoms with van der Waals surface area (Å²) in [4.78, 5) is 18.4. The molecule has 3 N–H and O–H groups in total. The average Bonchev–Trinajstić information content (AvgIpc) is 1.89. The van der Waals surface area contributed by atoms with Crippen molar-refractivity contribution in [3.8, 4) is 0 Å². The van der Waals surface area contributed by atoms with Gasteiger partial charge >= 0.3 is 7.60 Å². The largest absolute Gasteiger partial charge is 0.344 e. The average molecular weight is 167 g/mol. The van der Waals surface area contributed by atoms with E-state index < -0.39 is 7.60 Å².